The van der Waals surface area contributed by atoms with Gasteiger partial charge in [0.1, 0.15) is 33.2 Å². The first-order valence-electron chi connectivity index (χ1n) is 20.1. The first kappa shape index (κ1) is 53.2. The molecule has 0 aromatic heterocycles. The van der Waals surface area contributed by atoms with E-state index in [-0.39, 0.29) is 32.0 Å². The highest BCUT2D eigenvalue weighted by Gasteiger charge is 2.18. The van der Waals surface area contributed by atoms with Crippen LogP contribution in [0, 0.1) is 28.4 Å². The summed E-state index contributed by atoms with van der Waals surface area (Å²) in [5, 5.41) is 26.1. The summed E-state index contributed by atoms with van der Waals surface area (Å²) in [6.07, 6.45) is 15.3. The Morgan fingerprint density at radius 2 is 1.16 bits per heavy atom. The molecule has 0 rings (SSSR count). The number of hydroxylamine groups is 1. The molecule has 18 nitrogen and oxygen atoms in total. The summed E-state index contributed by atoms with van der Waals surface area (Å²) >= 11 is 0. The zero-order chi connectivity index (χ0) is 41.9. The summed E-state index contributed by atoms with van der Waals surface area (Å²) in [6.45, 7) is 14.3. The largest absolute Gasteiger partial charge is 0.460 e. The average molecular weight is 815 g/mol. The highest BCUT2D eigenvalue weighted by molar-refractivity contribution is 5.81. The summed E-state index contributed by atoms with van der Waals surface area (Å²) in [6, 6.07) is 0. The number of hydrogen-bond donors (Lipinski definition) is 2. The van der Waals surface area contributed by atoms with Gasteiger partial charge in [-0.1, -0.05) is 51.3 Å². The van der Waals surface area contributed by atoms with Crippen molar-refractivity contribution in [2.24, 2.45) is 5.41 Å². The first-order chi connectivity index (χ1) is 27.8. The predicted octanol–water partition coefficient (Wildman–Crippen LogP) is 4.37. The molecule has 0 aliphatic carbocycles. The van der Waals surface area contributed by atoms with Crippen LogP contribution in [0.2, 0.25) is 0 Å². The molecule has 0 aromatic carbocycles. The van der Waals surface area contributed by atoms with Crippen LogP contribution in [-0.4, -0.2) is 141 Å². The molecule has 0 aliphatic heterocycles. The number of nitrogens with zero attached hydrogens (tertiary/aromatic N) is 4. The maximum Gasteiger partial charge on any atom is 0.407 e. The van der Waals surface area contributed by atoms with Crippen molar-refractivity contribution in [3.63, 3.8) is 0 Å². The van der Waals surface area contributed by atoms with Crippen molar-refractivity contribution in [3.05, 3.63) is 12.7 Å². The van der Waals surface area contributed by atoms with E-state index in [4.69, 9.17) is 53.3 Å². The van der Waals surface area contributed by atoms with Gasteiger partial charge in [-0.05, 0) is 57.9 Å². The molecule has 328 valence electrons. The summed E-state index contributed by atoms with van der Waals surface area (Å²) < 4.78 is 41.6. The number of esters is 1. The fourth-order valence-electron chi connectivity index (χ4n) is 4.95. The summed E-state index contributed by atoms with van der Waals surface area (Å²) in [7, 11) is 0. The number of carbonyl (C=O) groups excluding carboxylic acids is 3. The molecule has 2 amide bonds. The molecule has 0 unspecified atom stereocenters. The number of hydrogen-bond acceptors (Lipinski definition) is 16. The monoisotopic (exact) mass is 815 g/mol. The van der Waals surface area contributed by atoms with Crippen molar-refractivity contribution in [3.8, 4) is 12.5 Å². The Bertz CT molecular complexity index is 1080. The van der Waals surface area contributed by atoms with Gasteiger partial charge in [-0.25, -0.2) is 9.59 Å². The lowest BCUT2D eigenvalue weighted by atomic mass is 9.96. The molecule has 0 atom stereocenters. The lowest BCUT2D eigenvalue weighted by Crippen LogP contribution is -2.44. The van der Waals surface area contributed by atoms with Crippen LogP contribution in [-0.2, 0) is 52.3 Å². The van der Waals surface area contributed by atoms with Gasteiger partial charge in [0, 0.05) is 31.1 Å². The number of ether oxygens (including phenoxy) is 8. The Morgan fingerprint density at radius 1 is 0.649 bits per heavy atom. The van der Waals surface area contributed by atoms with E-state index in [2.05, 4.69) is 17.2 Å². The second kappa shape index (κ2) is 40.4. The first-order valence-corrected chi connectivity index (χ1v) is 20.1. The third-order valence-electron chi connectivity index (χ3n) is 7.96. The van der Waals surface area contributed by atoms with Crippen LogP contribution in [0.15, 0.2) is 12.7 Å². The van der Waals surface area contributed by atoms with Crippen LogP contribution in [0.3, 0.4) is 0 Å². The third kappa shape index (κ3) is 37.6. The van der Waals surface area contributed by atoms with Gasteiger partial charge in [0.2, 0.25) is 6.41 Å². The van der Waals surface area contributed by atoms with Gasteiger partial charge in [0.15, 0.2) is 0 Å². The van der Waals surface area contributed by atoms with Crippen LogP contribution in [0.4, 0.5) is 4.79 Å². The van der Waals surface area contributed by atoms with Crippen LogP contribution in [0.5, 0.6) is 0 Å². The number of nitriles is 2. The van der Waals surface area contributed by atoms with Crippen molar-refractivity contribution >= 4 is 18.5 Å². The zero-order valence-electron chi connectivity index (χ0n) is 34.6. The fourth-order valence-corrected chi connectivity index (χ4v) is 4.95. The van der Waals surface area contributed by atoms with Gasteiger partial charge in [0.05, 0.1) is 52.9 Å². The van der Waals surface area contributed by atoms with Gasteiger partial charge in [0.25, 0.3) is 12.5 Å². The van der Waals surface area contributed by atoms with E-state index in [0.717, 1.165) is 96.1 Å². The van der Waals surface area contributed by atoms with E-state index in [1.807, 2.05) is 13.8 Å². The van der Waals surface area contributed by atoms with Crippen molar-refractivity contribution < 1.29 is 57.1 Å². The summed E-state index contributed by atoms with van der Waals surface area (Å²) in [5.41, 5.74) is -0.195. The van der Waals surface area contributed by atoms with Crippen LogP contribution >= 0.6 is 0 Å². The predicted molar refractivity (Wildman–Crippen MR) is 210 cm³/mol. The number of carbonyl (C=O) groups is 3. The molecule has 0 aliphatic rings. The SMILES string of the molecule is C=CC(=O)OCCOCCOCC(C)(C)COCCOCCOC(=O)NCCCCCCN(OCNCCCCCCOC#N)N(C=O)CCCCCCOC#N. The van der Waals surface area contributed by atoms with Gasteiger partial charge in [-0.15, -0.1) is 0 Å². The van der Waals surface area contributed by atoms with Gasteiger partial charge in [-0.3, -0.25) is 20.0 Å². The normalized spacial score (nSPS) is 11.0. The van der Waals surface area contributed by atoms with Gasteiger partial charge < -0.3 is 43.2 Å². The molecule has 0 saturated carbocycles. The van der Waals surface area contributed by atoms with Crippen LogP contribution in [0.25, 0.3) is 0 Å². The lowest BCUT2D eigenvalue weighted by Gasteiger charge is -2.31. The van der Waals surface area contributed by atoms with E-state index in [0.29, 0.717) is 79.1 Å². The highest BCUT2D eigenvalue weighted by atomic mass is 16.7. The van der Waals surface area contributed by atoms with Crippen molar-refractivity contribution in [1.82, 2.24) is 20.8 Å². The molecule has 0 aromatic rings. The Labute approximate surface area is 340 Å². The number of unbranched alkanes of at least 4 members (excludes halogenated alkanes) is 9. The molecule has 2 N–H and O–H groups in total. The number of amides is 2. The topological polar surface area (TPSA) is 212 Å². The van der Waals surface area contributed by atoms with Gasteiger partial charge >= 0.3 is 12.1 Å². The molecule has 57 heavy (non-hydrogen) atoms. The van der Waals surface area contributed by atoms with Crippen LogP contribution in [0.1, 0.15) is 90.9 Å². The van der Waals surface area contributed by atoms with E-state index in [9.17, 15) is 14.4 Å². The van der Waals surface area contributed by atoms with Crippen molar-refractivity contribution in [2.75, 3.05) is 112 Å². The molecule has 0 fully saturated rings. The molecule has 0 spiro atoms. The minimum Gasteiger partial charge on any atom is -0.460 e. The fraction of sp³-hybridized carbons (Fsp3) is 0.821. The second-order valence-corrected chi connectivity index (χ2v) is 13.7. The summed E-state index contributed by atoms with van der Waals surface area (Å²) in [5.74, 6) is -0.475. The number of hydrazine groups is 1. The molecule has 18 heteroatoms. The van der Waals surface area contributed by atoms with E-state index in [1.54, 1.807) is 22.7 Å². The van der Waals surface area contributed by atoms with E-state index >= 15 is 0 Å². The maximum absolute atomic E-state index is 12.0. The Morgan fingerprint density at radius 3 is 1.74 bits per heavy atom. The van der Waals surface area contributed by atoms with E-state index in [1.165, 1.54) is 0 Å². The minimum atomic E-state index is -0.488. The second-order valence-electron chi connectivity index (χ2n) is 13.7. The van der Waals surface area contributed by atoms with Crippen molar-refractivity contribution in [2.45, 2.75) is 90.9 Å². The van der Waals surface area contributed by atoms with Gasteiger partial charge in [-0.2, -0.15) is 10.5 Å². The smallest absolute Gasteiger partial charge is 0.407 e. The molecule has 0 radical (unpaired) electrons. The number of nitrogens with one attached hydrogen (secondary N) is 2. The Hall–Kier alpha value is -3.75. The molecule has 0 bridgehead atoms. The average Bonchev–Trinajstić information content (AvgIpc) is 3.20. The molecular weight excluding hydrogens is 744 g/mol. The Balaban J connectivity index is 4.06. The standard InChI is InChI=1S/C39H70N6O12/c1-4-37(47)55-29-27-49-23-25-51-31-39(2,3)32-52-26-24-50-28-30-56-38(48)43-18-12-5-7-14-20-45(44(36-46)19-13-8-10-16-22-54-34-41)57-35-42-17-11-6-9-15-21-53-33-40/h4,36,42H,1,5-32,35H2,2-3H3,(H,43,48). The molecular formula is C39H70N6O12. The Kier molecular flexibility index (Phi) is 37.8. The maximum atomic E-state index is 12.0. The summed E-state index contributed by atoms with van der Waals surface area (Å²) in [4.78, 5) is 40.9. The number of rotatable bonds is 43. The lowest BCUT2D eigenvalue weighted by molar-refractivity contribution is -0.273. The third-order valence-corrected chi connectivity index (χ3v) is 7.96. The zero-order valence-corrected chi connectivity index (χ0v) is 34.6. The highest BCUT2D eigenvalue weighted by Crippen LogP contribution is 2.16. The molecule has 0 saturated heterocycles. The molecule has 0 heterocycles. The van der Waals surface area contributed by atoms with Crippen LogP contribution < -0.4 is 10.6 Å². The quantitative estimate of drug-likeness (QED) is 0.0166. The van der Waals surface area contributed by atoms with E-state index < -0.39 is 12.1 Å². The van der Waals surface area contributed by atoms with Crippen molar-refractivity contribution in [1.29, 1.82) is 10.5 Å². The minimum absolute atomic E-state index is 0.135. The number of alkyl carbamates (subject to hydrolysis) is 1.